The number of nitrogens with two attached hydrogens (primary N) is 1. The van der Waals surface area contributed by atoms with Crippen molar-refractivity contribution in [3.05, 3.63) is 0 Å². The van der Waals surface area contributed by atoms with E-state index in [1.165, 1.54) is 32.4 Å². The Morgan fingerprint density at radius 1 is 1.14 bits per heavy atom. The molecule has 1 rings (SSSR count). The second-order valence-corrected chi connectivity index (χ2v) is 5.22. The molecule has 0 radical (unpaired) electrons. The molecule has 0 aromatic carbocycles. The molecule has 0 spiro atoms. The summed E-state index contributed by atoms with van der Waals surface area (Å²) in [7, 11) is 0. The summed E-state index contributed by atoms with van der Waals surface area (Å²) in [6, 6.07) is 1.25. The maximum Gasteiger partial charge on any atom is 0.00964 e. The summed E-state index contributed by atoms with van der Waals surface area (Å²) in [6.07, 6.45) is 5.30. The van der Waals surface area contributed by atoms with E-state index in [4.69, 9.17) is 5.73 Å². The van der Waals surface area contributed by atoms with Gasteiger partial charge in [-0.3, -0.25) is 0 Å². The summed E-state index contributed by atoms with van der Waals surface area (Å²) in [5.41, 5.74) is 5.79. The Labute approximate surface area is 88.8 Å². The minimum Gasteiger partial charge on any atom is -0.328 e. The summed E-state index contributed by atoms with van der Waals surface area (Å²) in [5.74, 6) is 0.826. The largest absolute Gasteiger partial charge is 0.328 e. The van der Waals surface area contributed by atoms with Crippen molar-refractivity contribution in [2.75, 3.05) is 13.1 Å². The highest BCUT2D eigenvalue weighted by atomic mass is 15.2. The van der Waals surface area contributed by atoms with Gasteiger partial charge in [-0.2, -0.15) is 0 Å². The van der Waals surface area contributed by atoms with E-state index in [0.29, 0.717) is 6.04 Å². The molecule has 2 heteroatoms. The monoisotopic (exact) mass is 198 g/mol. The van der Waals surface area contributed by atoms with Gasteiger partial charge in [0.1, 0.15) is 0 Å². The first-order chi connectivity index (χ1) is 6.59. The van der Waals surface area contributed by atoms with E-state index in [1.54, 1.807) is 0 Å². The normalized spacial score (nSPS) is 19.3. The highest BCUT2D eigenvalue weighted by molar-refractivity contribution is 4.84. The summed E-state index contributed by atoms with van der Waals surface area (Å²) in [5, 5.41) is 0. The Morgan fingerprint density at radius 2 is 1.71 bits per heavy atom. The van der Waals surface area contributed by atoms with Gasteiger partial charge in [-0.1, -0.05) is 13.8 Å². The van der Waals surface area contributed by atoms with Gasteiger partial charge in [-0.25, -0.2) is 0 Å². The van der Waals surface area contributed by atoms with Crippen LogP contribution in [0.15, 0.2) is 0 Å². The zero-order valence-electron chi connectivity index (χ0n) is 10.00. The second-order valence-electron chi connectivity index (χ2n) is 5.22. The van der Waals surface area contributed by atoms with Crippen LogP contribution in [0.1, 0.15) is 46.5 Å². The predicted molar refractivity (Wildman–Crippen MR) is 62.3 cm³/mol. The van der Waals surface area contributed by atoms with E-state index in [-0.39, 0.29) is 0 Å². The average Bonchev–Trinajstić information content (AvgIpc) is 2.86. The van der Waals surface area contributed by atoms with Crippen LogP contribution in [0.4, 0.5) is 0 Å². The van der Waals surface area contributed by atoms with E-state index >= 15 is 0 Å². The fourth-order valence-electron chi connectivity index (χ4n) is 1.71. The molecule has 0 amide bonds. The highest BCUT2D eigenvalue weighted by Crippen LogP contribution is 2.27. The molecule has 1 atom stereocenters. The first kappa shape index (κ1) is 12.0. The number of nitrogens with zero attached hydrogens (tertiary/aromatic N) is 1. The molecule has 0 aromatic rings. The molecule has 0 heterocycles. The van der Waals surface area contributed by atoms with Gasteiger partial charge in [-0.05, 0) is 51.6 Å². The Balaban J connectivity index is 2.17. The molecular formula is C12H26N2. The van der Waals surface area contributed by atoms with Crippen LogP contribution in [-0.2, 0) is 0 Å². The van der Waals surface area contributed by atoms with Crippen molar-refractivity contribution in [1.82, 2.24) is 4.90 Å². The van der Waals surface area contributed by atoms with Crippen molar-refractivity contribution in [2.45, 2.75) is 58.5 Å². The molecule has 1 unspecified atom stereocenters. The molecular weight excluding hydrogens is 172 g/mol. The fraction of sp³-hybridized carbons (Fsp3) is 1.00. The molecule has 0 aromatic heterocycles. The summed E-state index contributed by atoms with van der Waals surface area (Å²) < 4.78 is 0. The standard InChI is InChI=1S/C12H26N2/c1-10(2)6-8-14(12-4-5-12)9-7-11(3)13/h10-12H,4-9,13H2,1-3H3. The molecule has 1 saturated carbocycles. The van der Waals surface area contributed by atoms with Crippen LogP contribution in [0.2, 0.25) is 0 Å². The van der Waals surface area contributed by atoms with Gasteiger partial charge in [-0.15, -0.1) is 0 Å². The molecule has 14 heavy (non-hydrogen) atoms. The first-order valence-electron chi connectivity index (χ1n) is 6.09. The lowest BCUT2D eigenvalue weighted by atomic mass is 10.1. The highest BCUT2D eigenvalue weighted by Gasteiger charge is 2.28. The maximum atomic E-state index is 5.79. The molecule has 1 aliphatic carbocycles. The molecule has 1 aliphatic rings. The Kier molecular flexibility index (Phi) is 4.90. The third-order valence-electron chi connectivity index (χ3n) is 2.93. The van der Waals surface area contributed by atoms with Crippen molar-refractivity contribution >= 4 is 0 Å². The van der Waals surface area contributed by atoms with Crippen LogP contribution in [0.5, 0.6) is 0 Å². The fourth-order valence-corrected chi connectivity index (χ4v) is 1.71. The number of hydrogen-bond acceptors (Lipinski definition) is 2. The second kappa shape index (κ2) is 5.72. The lowest BCUT2D eigenvalue weighted by molar-refractivity contribution is 0.240. The SMILES string of the molecule is CC(C)CCN(CCC(C)N)C1CC1. The van der Waals surface area contributed by atoms with Crippen LogP contribution in [0.25, 0.3) is 0 Å². The lowest BCUT2D eigenvalue weighted by Crippen LogP contribution is -2.32. The van der Waals surface area contributed by atoms with Gasteiger partial charge >= 0.3 is 0 Å². The van der Waals surface area contributed by atoms with Gasteiger partial charge in [0.15, 0.2) is 0 Å². The van der Waals surface area contributed by atoms with Gasteiger partial charge in [0.2, 0.25) is 0 Å². The zero-order valence-corrected chi connectivity index (χ0v) is 10.00. The summed E-state index contributed by atoms with van der Waals surface area (Å²) in [6.45, 7) is 9.19. The Hall–Kier alpha value is -0.0800. The van der Waals surface area contributed by atoms with Gasteiger partial charge < -0.3 is 10.6 Å². The van der Waals surface area contributed by atoms with E-state index in [0.717, 1.165) is 18.4 Å². The van der Waals surface area contributed by atoms with Crippen molar-refractivity contribution in [3.8, 4) is 0 Å². The van der Waals surface area contributed by atoms with Crippen molar-refractivity contribution in [3.63, 3.8) is 0 Å². The van der Waals surface area contributed by atoms with E-state index in [9.17, 15) is 0 Å². The third kappa shape index (κ3) is 4.97. The van der Waals surface area contributed by atoms with Gasteiger partial charge in [0.05, 0.1) is 0 Å². The number of hydrogen-bond donors (Lipinski definition) is 1. The number of rotatable bonds is 7. The first-order valence-corrected chi connectivity index (χ1v) is 6.09. The molecule has 2 nitrogen and oxygen atoms in total. The molecule has 0 bridgehead atoms. The quantitative estimate of drug-likeness (QED) is 0.680. The zero-order chi connectivity index (χ0) is 10.6. The van der Waals surface area contributed by atoms with E-state index in [2.05, 4.69) is 25.7 Å². The summed E-state index contributed by atoms with van der Waals surface area (Å²) >= 11 is 0. The smallest absolute Gasteiger partial charge is 0.00964 e. The van der Waals surface area contributed by atoms with Crippen LogP contribution >= 0.6 is 0 Å². The van der Waals surface area contributed by atoms with Crippen molar-refractivity contribution in [2.24, 2.45) is 11.7 Å². The minimum absolute atomic E-state index is 0.357. The van der Waals surface area contributed by atoms with Crippen LogP contribution in [0, 0.1) is 5.92 Å². The van der Waals surface area contributed by atoms with Gasteiger partial charge in [0.25, 0.3) is 0 Å². The predicted octanol–water partition coefficient (Wildman–Crippen LogP) is 2.23. The molecule has 0 aliphatic heterocycles. The summed E-state index contributed by atoms with van der Waals surface area (Å²) in [4.78, 5) is 2.64. The van der Waals surface area contributed by atoms with Crippen LogP contribution in [0.3, 0.4) is 0 Å². The van der Waals surface area contributed by atoms with E-state index in [1.807, 2.05) is 0 Å². The average molecular weight is 198 g/mol. The molecule has 1 fully saturated rings. The minimum atomic E-state index is 0.357. The topological polar surface area (TPSA) is 29.3 Å². The maximum absolute atomic E-state index is 5.79. The Bertz CT molecular complexity index is 138. The Morgan fingerprint density at radius 3 is 2.14 bits per heavy atom. The van der Waals surface area contributed by atoms with Crippen molar-refractivity contribution < 1.29 is 0 Å². The third-order valence-corrected chi connectivity index (χ3v) is 2.93. The lowest BCUT2D eigenvalue weighted by Gasteiger charge is -2.23. The van der Waals surface area contributed by atoms with Gasteiger partial charge in [0, 0.05) is 12.1 Å². The molecule has 84 valence electrons. The van der Waals surface area contributed by atoms with Crippen LogP contribution in [-0.4, -0.2) is 30.1 Å². The van der Waals surface area contributed by atoms with Crippen LogP contribution < -0.4 is 5.73 Å². The molecule has 0 saturated heterocycles. The molecule has 2 N–H and O–H groups in total. The van der Waals surface area contributed by atoms with Crippen molar-refractivity contribution in [1.29, 1.82) is 0 Å². The van der Waals surface area contributed by atoms with E-state index < -0.39 is 0 Å².